The Morgan fingerprint density at radius 1 is 1.53 bits per heavy atom. The molecule has 2 aromatic rings. The van der Waals surface area contributed by atoms with Gasteiger partial charge in [0.1, 0.15) is 5.82 Å². The average Bonchev–Trinajstić information content (AvgIpc) is 2.75. The molecule has 4 nitrogen and oxygen atoms in total. The van der Waals surface area contributed by atoms with Crippen LogP contribution in [0.4, 0.5) is 0 Å². The van der Waals surface area contributed by atoms with Crippen molar-refractivity contribution in [3.05, 3.63) is 40.3 Å². The summed E-state index contributed by atoms with van der Waals surface area (Å²) in [6, 6.07) is 1.80. The molecule has 0 atom stereocenters. The van der Waals surface area contributed by atoms with Crippen LogP contribution in [0.15, 0.2) is 27.8 Å². The first-order chi connectivity index (χ1) is 7.22. The van der Waals surface area contributed by atoms with E-state index in [4.69, 9.17) is 4.42 Å². The molecule has 0 aliphatic rings. The van der Waals surface area contributed by atoms with E-state index in [1.165, 1.54) is 0 Å². The van der Waals surface area contributed by atoms with Crippen molar-refractivity contribution in [3.63, 3.8) is 0 Å². The summed E-state index contributed by atoms with van der Waals surface area (Å²) in [6.45, 7) is 3.71. The molecule has 2 heterocycles. The van der Waals surface area contributed by atoms with E-state index < -0.39 is 0 Å². The molecular weight excluding hydrogens is 192 g/mol. The van der Waals surface area contributed by atoms with Crippen LogP contribution in [0.5, 0.6) is 0 Å². The van der Waals surface area contributed by atoms with Gasteiger partial charge in [-0.15, -0.1) is 0 Å². The van der Waals surface area contributed by atoms with Gasteiger partial charge < -0.3 is 9.40 Å². The molecule has 0 spiro atoms. The lowest BCUT2D eigenvalue weighted by atomic mass is 10.1. The van der Waals surface area contributed by atoms with Crippen LogP contribution in [0.1, 0.15) is 18.3 Å². The number of aryl methyl sites for hydroxylation is 1. The van der Waals surface area contributed by atoms with Gasteiger partial charge in [-0.2, -0.15) is 0 Å². The Kier molecular flexibility index (Phi) is 2.41. The maximum Gasteiger partial charge on any atom is 0.254 e. The Labute approximate surface area is 87.0 Å². The lowest BCUT2D eigenvalue weighted by Gasteiger charge is -2.03. The number of aromatic nitrogens is 2. The van der Waals surface area contributed by atoms with Crippen LogP contribution in [0.3, 0.4) is 0 Å². The maximum absolute atomic E-state index is 11.6. The van der Waals surface area contributed by atoms with E-state index in [0.717, 1.165) is 5.56 Å². The third kappa shape index (κ3) is 1.70. The van der Waals surface area contributed by atoms with Gasteiger partial charge in [0.2, 0.25) is 0 Å². The minimum Gasteiger partial charge on any atom is -0.472 e. The van der Waals surface area contributed by atoms with Crippen LogP contribution < -0.4 is 5.56 Å². The quantitative estimate of drug-likeness (QED) is 0.812. The van der Waals surface area contributed by atoms with E-state index in [-0.39, 0.29) is 5.56 Å². The van der Waals surface area contributed by atoms with Crippen molar-refractivity contribution >= 4 is 0 Å². The zero-order valence-electron chi connectivity index (χ0n) is 8.70. The Hall–Kier alpha value is -1.84. The van der Waals surface area contributed by atoms with E-state index in [1.807, 2.05) is 6.92 Å². The van der Waals surface area contributed by atoms with E-state index in [2.05, 4.69) is 9.97 Å². The van der Waals surface area contributed by atoms with E-state index in [9.17, 15) is 4.79 Å². The number of hydrogen-bond acceptors (Lipinski definition) is 3. The molecule has 1 N–H and O–H groups in total. The second-order valence-electron chi connectivity index (χ2n) is 3.35. The van der Waals surface area contributed by atoms with Gasteiger partial charge in [0.15, 0.2) is 0 Å². The van der Waals surface area contributed by atoms with Gasteiger partial charge in [-0.05, 0) is 13.0 Å². The van der Waals surface area contributed by atoms with Gasteiger partial charge >= 0.3 is 0 Å². The van der Waals surface area contributed by atoms with Crippen LogP contribution in [-0.4, -0.2) is 9.97 Å². The highest BCUT2D eigenvalue weighted by atomic mass is 16.3. The van der Waals surface area contributed by atoms with Gasteiger partial charge in [-0.1, -0.05) is 6.92 Å². The number of hydrogen-bond donors (Lipinski definition) is 1. The van der Waals surface area contributed by atoms with Gasteiger partial charge in [-0.25, -0.2) is 4.98 Å². The summed E-state index contributed by atoms with van der Waals surface area (Å²) in [5.41, 5.74) is 2.07. The molecule has 0 aliphatic heterocycles. The predicted molar refractivity (Wildman–Crippen MR) is 56.7 cm³/mol. The molecule has 0 aromatic carbocycles. The summed E-state index contributed by atoms with van der Waals surface area (Å²) in [4.78, 5) is 18.7. The molecule has 0 radical (unpaired) electrons. The van der Waals surface area contributed by atoms with Crippen molar-refractivity contribution < 1.29 is 4.42 Å². The van der Waals surface area contributed by atoms with E-state index in [1.54, 1.807) is 25.5 Å². The largest absolute Gasteiger partial charge is 0.472 e. The summed E-state index contributed by atoms with van der Waals surface area (Å²) in [5, 5.41) is 0. The topological polar surface area (TPSA) is 58.9 Å². The van der Waals surface area contributed by atoms with Crippen LogP contribution >= 0.6 is 0 Å². The van der Waals surface area contributed by atoms with E-state index in [0.29, 0.717) is 23.5 Å². The minimum atomic E-state index is -0.0851. The Morgan fingerprint density at radius 2 is 2.33 bits per heavy atom. The minimum absolute atomic E-state index is 0.0851. The number of nitrogens with zero attached hydrogens (tertiary/aromatic N) is 1. The van der Waals surface area contributed by atoms with Gasteiger partial charge in [0, 0.05) is 17.5 Å². The molecule has 78 valence electrons. The van der Waals surface area contributed by atoms with Crippen molar-refractivity contribution in [3.8, 4) is 11.3 Å². The van der Waals surface area contributed by atoms with Gasteiger partial charge in [-0.3, -0.25) is 4.79 Å². The molecule has 0 amide bonds. The second kappa shape index (κ2) is 3.73. The monoisotopic (exact) mass is 204 g/mol. The highest BCUT2D eigenvalue weighted by Gasteiger charge is 2.09. The second-order valence-corrected chi connectivity index (χ2v) is 3.35. The fourth-order valence-corrected chi connectivity index (χ4v) is 1.43. The van der Waals surface area contributed by atoms with Crippen LogP contribution in [0.2, 0.25) is 0 Å². The van der Waals surface area contributed by atoms with Gasteiger partial charge in [0.25, 0.3) is 5.56 Å². The van der Waals surface area contributed by atoms with Crippen molar-refractivity contribution in [2.24, 2.45) is 0 Å². The molecule has 0 fully saturated rings. The molecule has 0 saturated heterocycles. The van der Waals surface area contributed by atoms with E-state index >= 15 is 0 Å². The predicted octanol–water partition coefficient (Wildman–Crippen LogP) is 1.90. The number of nitrogens with one attached hydrogen (secondary N) is 1. The molecule has 0 bridgehead atoms. The highest BCUT2D eigenvalue weighted by molar-refractivity contribution is 5.60. The molecule has 4 heteroatoms. The normalized spacial score (nSPS) is 10.5. The Balaban J connectivity index is 2.65. The lowest BCUT2D eigenvalue weighted by Crippen LogP contribution is -2.15. The number of H-pyrrole nitrogens is 1. The van der Waals surface area contributed by atoms with Crippen LogP contribution in [0.25, 0.3) is 11.3 Å². The highest BCUT2D eigenvalue weighted by Crippen LogP contribution is 2.18. The standard InChI is InChI=1S/C11H12N2O2/c1-3-9-12-10(7(2)11(14)13-9)8-4-5-15-6-8/h4-6H,3H2,1-2H3,(H,12,13,14). The summed E-state index contributed by atoms with van der Waals surface area (Å²) < 4.78 is 4.99. The summed E-state index contributed by atoms with van der Waals surface area (Å²) in [6.07, 6.45) is 3.87. The average molecular weight is 204 g/mol. The lowest BCUT2D eigenvalue weighted by molar-refractivity contribution is 0.568. The fraction of sp³-hybridized carbons (Fsp3) is 0.273. The first-order valence-corrected chi connectivity index (χ1v) is 4.84. The first kappa shape index (κ1) is 9.71. The zero-order valence-corrected chi connectivity index (χ0v) is 8.70. The molecule has 0 aliphatic carbocycles. The number of aromatic amines is 1. The Bertz CT molecular complexity index is 512. The number of furan rings is 1. The fourth-order valence-electron chi connectivity index (χ4n) is 1.43. The van der Waals surface area contributed by atoms with Gasteiger partial charge in [0.05, 0.1) is 18.2 Å². The van der Waals surface area contributed by atoms with Crippen molar-refractivity contribution in [2.75, 3.05) is 0 Å². The number of rotatable bonds is 2. The maximum atomic E-state index is 11.6. The summed E-state index contributed by atoms with van der Waals surface area (Å²) in [7, 11) is 0. The van der Waals surface area contributed by atoms with Crippen molar-refractivity contribution in [1.82, 2.24) is 9.97 Å². The summed E-state index contributed by atoms with van der Waals surface area (Å²) in [5.74, 6) is 0.696. The van der Waals surface area contributed by atoms with Crippen LogP contribution in [0, 0.1) is 6.92 Å². The van der Waals surface area contributed by atoms with Crippen molar-refractivity contribution in [1.29, 1.82) is 0 Å². The third-order valence-corrected chi connectivity index (χ3v) is 2.33. The smallest absolute Gasteiger partial charge is 0.254 e. The zero-order chi connectivity index (χ0) is 10.8. The first-order valence-electron chi connectivity index (χ1n) is 4.84. The molecule has 2 rings (SSSR count). The third-order valence-electron chi connectivity index (χ3n) is 2.33. The molecule has 0 unspecified atom stereocenters. The Morgan fingerprint density at radius 3 is 2.93 bits per heavy atom. The van der Waals surface area contributed by atoms with Crippen LogP contribution in [-0.2, 0) is 6.42 Å². The molecule has 15 heavy (non-hydrogen) atoms. The molecular formula is C11H12N2O2. The SMILES string of the molecule is CCc1nc(-c2ccoc2)c(C)c(=O)[nH]1. The molecule has 0 saturated carbocycles. The molecule has 2 aromatic heterocycles. The van der Waals surface area contributed by atoms with Crippen molar-refractivity contribution in [2.45, 2.75) is 20.3 Å². The summed E-state index contributed by atoms with van der Waals surface area (Å²) >= 11 is 0.